The number of anilines is 3. The molecule has 8 atom stereocenters. The monoisotopic (exact) mass is 2000 g/mol. The number of nitrogens with two attached hydrogens (primary N) is 2. The molecule has 0 spiro atoms. The maximum absolute atomic E-state index is 13.0. The Morgan fingerprint density at radius 1 is 0.500 bits per heavy atom. The molecule has 4 amide bonds. The average molecular weight is 2000 g/mol. The summed E-state index contributed by atoms with van der Waals surface area (Å²) < 4.78 is 43.3. The van der Waals surface area contributed by atoms with Gasteiger partial charge in [0.1, 0.15) is 45.5 Å². The van der Waals surface area contributed by atoms with Crippen LogP contribution < -0.4 is 57.3 Å². The van der Waals surface area contributed by atoms with Crippen LogP contribution in [0.25, 0.3) is 54.6 Å². The van der Waals surface area contributed by atoms with Gasteiger partial charge in [-0.15, -0.1) is 0 Å². The number of nitrogens with one attached hydrogen (secondary N) is 3. The van der Waals surface area contributed by atoms with E-state index in [1.54, 1.807) is 30.6 Å². The molecule has 124 heavy (non-hydrogen) atoms. The third-order valence-electron chi connectivity index (χ3n) is 22.7. The van der Waals surface area contributed by atoms with E-state index in [0.29, 0.717) is 45.3 Å². The number of fused-ring (bicyclic) bond motifs is 14. The van der Waals surface area contributed by atoms with E-state index in [4.69, 9.17) is 43.4 Å². The molecule has 30 nitrogen and oxygen atoms in total. The molecule has 5 aromatic heterocycles. The van der Waals surface area contributed by atoms with Crippen LogP contribution in [0.15, 0.2) is 120 Å². The normalized spacial score (nSPS) is 22.8. The molecule has 8 N–H and O–H groups in total. The number of amides is 4. The number of nitrogens with zero attached hydrogens (tertiary/aromatic N) is 11. The van der Waals surface area contributed by atoms with Gasteiger partial charge in [0, 0.05) is 112 Å². The molecule has 0 radical (unpaired) electrons. The van der Waals surface area contributed by atoms with Gasteiger partial charge in [-0.1, -0.05) is 82.7 Å². The minimum absolute atomic E-state index is 0. The number of hydrogen-bond acceptors (Lipinski definition) is 22. The molecule has 17 rings (SSSR count). The first-order chi connectivity index (χ1) is 57.4. The van der Waals surface area contributed by atoms with E-state index < -0.39 is 39.4 Å². The first-order valence-corrected chi connectivity index (χ1v) is 44.3. The fraction of sp³-hybridized carbons (Fsp3) is 0.529. The van der Waals surface area contributed by atoms with Crippen LogP contribution in [0.5, 0.6) is 0 Å². The maximum atomic E-state index is 13.0. The number of carbonyl (C=O) groups excluding carboxylic acids is 4. The van der Waals surface area contributed by atoms with Gasteiger partial charge in [-0.3, -0.25) is 39.2 Å². The van der Waals surface area contributed by atoms with Gasteiger partial charge in [-0.05, 0) is 259 Å². The number of hydrogen-bond donors (Lipinski definition) is 5. The number of aromatic amines is 1. The van der Waals surface area contributed by atoms with E-state index in [9.17, 15) is 48.6 Å². The molecule has 8 aliphatic rings. The number of piperidine rings is 4. The van der Waals surface area contributed by atoms with Crippen molar-refractivity contribution >= 4 is 183 Å². The molecule has 8 bridgehead atoms. The number of imidazole rings is 1. The number of halogens is 6. The second kappa shape index (κ2) is 41.1. The number of rotatable bonds is 7. The van der Waals surface area contributed by atoms with Crippen LogP contribution >= 0.6 is 75.3 Å². The Morgan fingerprint density at radius 2 is 0.798 bits per heavy atom. The van der Waals surface area contributed by atoms with Crippen LogP contribution in [-0.4, -0.2) is 185 Å². The van der Waals surface area contributed by atoms with Crippen molar-refractivity contribution in [2.75, 3.05) is 23.5 Å². The van der Waals surface area contributed by atoms with E-state index in [1.165, 1.54) is 12.4 Å². The molecule has 9 aromatic rings. The van der Waals surface area contributed by atoms with Crippen LogP contribution in [0.4, 0.5) is 52.0 Å². The second-order valence-corrected chi connectivity index (χ2v) is 40.2. The summed E-state index contributed by atoms with van der Waals surface area (Å²) >= 11 is 19.7. The zero-order chi connectivity index (χ0) is 88.5. The summed E-state index contributed by atoms with van der Waals surface area (Å²) in [6.07, 6.45) is 19.6. The van der Waals surface area contributed by atoms with Crippen LogP contribution in [0.3, 0.4) is 0 Å². The number of pyridine rings is 4. The number of carbonyl (C=O) groups is 4. The van der Waals surface area contributed by atoms with E-state index >= 15 is 0 Å². The third-order valence-corrected chi connectivity index (χ3v) is 25.1. The molecule has 8 unspecified atom stereocenters. The molecule has 666 valence electrons. The predicted octanol–water partition coefficient (Wildman–Crippen LogP) is 18.4. The van der Waals surface area contributed by atoms with Gasteiger partial charge in [0.25, 0.3) is 0 Å². The van der Waals surface area contributed by atoms with Crippen LogP contribution in [-0.2, 0) is 18.9 Å². The SMILES string of the molecule is C.CC(C)(C)OC(=O)N1C2CCC1CC(N)C2.CC(C)(C)OC(=O)N1C2CCC1CC(Nc1c(N)cnc3ccc(Br)cc13)C2.CC(C)(C)OC(=O)N1C2CCC1CC(Nc1c([N+](=O)[O-])cnc3ccc(Br)cc13)C2.CC(C)(C)OC(=O)N1C2CCC1CC(n1c(=O)[nH]c3cnc4ccc(Br)cc4c31)C2.O=[N+]([O-])c1cnc2ccc(Br)cc2c1Cl.[2H]CF.[Na+].[OH-]. The minimum atomic E-state index is -1.00. The quantitative estimate of drug-likeness (QED) is 0.0428. The number of nitrogen functional groups attached to an aromatic ring is 1. The van der Waals surface area contributed by atoms with Crippen molar-refractivity contribution in [1.82, 2.24) is 49.1 Å². The Balaban J connectivity index is 0.000000179. The Labute approximate surface area is 782 Å². The number of aromatic nitrogens is 6. The maximum Gasteiger partial charge on any atom is 1.00 e. The van der Waals surface area contributed by atoms with Gasteiger partial charge in [0.2, 0.25) is 0 Å². The summed E-state index contributed by atoms with van der Waals surface area (Å²) in [7, 11) is -1.00. The predicted molar refractivity (Wildman–Crippen MR) is 491 cm³/mol. The van der Waals surface area contributed by atoms with Gasteiger partial charge in [0.05, 0.1) is 75.2 Å². The summed E-state index contributed by atoms with van der Waals surface area (Å²) in [5, 5.41) is 32.7. The number of alkyl halides is 1. The first-order valence-electron chi connectivity index (χ1n) is 41.4. The number of benzene rings is 4. The zero-order valence-corrected chi connectivity index (χ0v) is 80.4. The summed E-state index contributed by atoms with van der Waals surface area (Å²) in [6.45, 7) is 22.7. The van der Waals surface area contributed by atoms with E-state index in [2.05, 4.69) is 99.3 Å². The fourth-order valence-corrected chi connectivity index (χ4v) is 19.9. The van der Waals surface area contributed by atoms with Crippen LogP contribution in [0, 0.1) is 20.2 Å². The van der Waals surface area contributed by atoms with Crippen molar-refractivity contribution in [1.29, 1.82) is 0 Å². The van der Waals surface area contributed by atoms with Gasteiger partial charge < -0.3 is 71.1 Å². The molecule has 8 fully saturated rings. The van der Waals surface area contributed by atoms with Crippen molar-refractivity contribution in [3.63, 3.8) is 0 Å². The molecule has 0 aliphatic carbocycles. The average Bonchev–Trinajstić information content (AvgIpc) is 1.61. The minimum Gasteiger partial charge on any atom is -0.870 e. The Morgan fingerprint density at radius 3 is 1.17 bits per heavy atom. The van der Waals surface area contributed by atoms with Gasteiger partial charge in [-0.25, -0.2) is 33.9 Å². The third kappa shape index (κ3) is 23.7. The van der Waals surface area contributed by atoms with Crippen molar-refractivity contribution in [3.8, 4) is 0 Å². The van der Waals surface area contributed by atoms with Crippen molar-refractivity contribution in [2.45, 2.75) is 288 Å². The molecular weight excluding hydrogens is 1890 g/mol. The smallest absolute Gasteiger partial charge is 0.870 e. The second-order valence-electron chi connectivity index (χ2n) is 36.1. The van der Waals surface area contributed by atoms with Gasteiger partial charge in [0.15, 0.2) is 0 Å². The summed E-state index contributed by atoms with van der Waals surface area (Å²) in [6, 6.07) is 24.7. The molecule has 4 aromatic carbocycles. The van der Waals surface area contributed by atoms with Crippen LogP contribution in [0.2, 0.25) is 5.02 Å². The Kier molecular flexibility index (Phi) is 32.5. The van der Waals surface area contributed by atoms with Crippen molar-refractivity contribution < 1.29 is 88.8 Å². The van der Waals surface area contributed by atoms with E-state index in [0.717, 1.165) is 159 Å². The fourth-order valence-electron chi connectivity index (χ4n) is 18.2. The molecular formula is C87H111Br4ClFN16NaO14. The van der Waals surface area contributed by atoms with Crippen LogP contribution in [0.1, 0.15) is 201 Å². The first kappa shape index (κ1) is 98.3. The summed E-state index contributed by atoms with van der Waals surface area (Å²) in [4.78, 5) is 112. The molecule has 0 saturated carbocycles. The summed E-state index contributed by atoms with van der Waals surface area (Å²) in [5.41, 5.74) is 16.8. The van der Waals surface area contributed by atoms with Crippen molar-refractivity contribution in [3.05, 3.63) is 151 Å². The molecule has 13 heterocycles. The molecule has 37 heteroatoms. The van der Waals surface area contributed by atoms with E-state index in [-0.39, 0.29) is 149 Å². The summed E-state index contributed by atoms with van der Waals surface area (Å²) in [5.74, 6) is 0. The number of ether oxygens (including phenoxy) is 4. The molecule has 8 aliphatic heterocycles. The zero-order valence-electron chi connectivity index (χ0n) is 72.3. The molecule has 8 saturated heterocycles. The van der Waals surface area contributed by atoms with Crippen molar-refractivity contribution in [2.24, 2.45) is 5.73 Å². The van der Waals surface area contributed by atoms with Gasteiger partial charge in [-0.2, -0.15) is 0 Å². The largest absolute Gasteiger partial charge is 1.00 e. The van der Waals surface area contributed by atoms with Gasteiger partial charge >= 0.3 is 71.0 Å². The Hall–Kier alpha value is -7.87. The van der Waals surface area contributed by atoms with E-state index in [1.807, 2.05) is 162 Å². The number of H-pyrrole nitrogens is 1. The topological polar surface area (TPSA) is 400 Å². The standard InChI is InChI=1S/C22H25BrN4O3.C21H25BrN4O4.C21H27BrN4O2.C12H22N2O2.C9H4BrClN2O2.CH3F.CH4.Na.H2O/c1-22(2,3)30-21(29)26-13-5-6-14(26)10-15(9-13)27-19-16-8-12(23)4-7-17(16)24-11-18(19)25-20(27)28;1-21(2,3)30-20(27)25-14-5-6-15(25)10-13(9-14)24-19-16-8-12(22)4-7-17(16)23-11-18(19)26(28)29;1-21(2,3)28-20(27)26-14-5-6-15(26)10-13(9-14)25-19-16-8-12(22)4-7-18(16)24-11-17(19)23;1-12(2,3)16-11(15)14-9-4-5-10(14)7-8(13)6-9;10-5-1-2-7-6(3-5)9(11)8(4-12-7)13(14)15;1-2;;;/h4,7-8,11,13-15H,5-6,9-10H2,1-3H3,(H,25,28);4,7-8,11,13-15H,5-6,9-10H2,1-3H3,(H,23,24);4,7-8,11,13-15H,5-6,9-10,23H2,1-3H3,(H,24,25);8-10H,4-7,13H2,1-3H3;1-4H;1H3;1H4;;1H2/q;;;;;;;+1;/p-1/i;;;;;1D;;;. The Bertz CT molecular complexity index is 5430. The number of nitro groups is 2.